The van der Waals surface area contributed by atoms with Crippen LogP contribution >= 0.6 is 22.9 Å². The van der Waals surface area contributed by atoms with E-state index in [0.29, 0.717) is 15.7 Å². The Hall–Kier alpha value is -1.96. The van der Waals surface area contributed by atoms with Gasteiger partial charge in [-0.25, -0.2) is 13.4 Å². The molecule has 0 fully saturated rings. The van der Waals surface area contributed by atoms with Gasteiger partial charge in [-0.05, 0) is 48.9 Å². The van der Waals surface area contributed by atoms with Gasteiger partial charge in [0.1, 0.15) is 0 Å². The number of rotatable bonds is 3. The molecular weight excluding hydrogens is 368 g/mol. The van der Waals surface area contributed by atoms with Crippen molar-refractivity contribution in [2.75, 3.05) is 11.6 Å². The zero-order chi connectivity index (χ0) is 17.5. The van der Waals surface area contributed by atoms with Crippen LogP contribution in [0.4, 0.5) is 5.13 Å². The fraction of sp³-hybridized carbons (Fsp3) is 0.125. The first-order valence-electron chi connectivity index (χ1n) is 6.93. The van der Waals surface area contributed by atoms with Crippen molar-refractivity contribution in [1.29, 1.82) is 0 Å². The van der Waals surface area contributed by atoms with Gasteiger partial charge < -0.3 is 0 Å². The fourth-order valence-electron chi connectivity index (χ4n) is 2.18. The number of halogens is 1. The molecule has 3 rings (SSSR count). The van der Waals surface area contributed by atoms with E-state index in [-0.39, 0.29) is 10.8 Å². The van der Waals surface area contributed by atoms with Crippen LogP contribution in [-0.2, 0) is 9.84 Å². The number of fused-ring (bicyclic) bond motifs is 1. The number of aryl methyl sites for hydroxylation is 1. The number of aromatic nitrogens is 1. The van der Waals surface area contributed by atoms with E-state index >= 15 is 0 Å². The lowest BCUT2D eigenvalue weighted by atomic mass is 10.2. The summed E-state index contributed by atoms with van der Waals surface area (Å²) in [5.74, 6) is -0.349. The molecule has 0 aliphatic heterocycles. The number of anilines is 1. The molecule has 0 radical (unpaired) electrons. The summed E-state index contributed by atoms with van der Waals surface area (Å²) in [5.41, 5.74) is 1.98. The van der Waals surface area contributed by atoms with Gasteiger partial charge in [-0.1, -0.05) is 22.9 Å². The summed E-state index contributed by atoms with van der Waals surface area (Å²) in [6, 6.07) is 9.42. The number of benzene rings is 2. The Morgan fingerprint density at radius 2 is 1.83 bits per heavy atom. The van der Waals surface area contributed by atoms with Crippen LogP contribution < -0.4 is 5.32 Å². The third kappa shape index (κ3) is 3.28. The summed E-state index contributed by atoms with van der Waals surface area (Å²) < 4.78 is 23.8. The second-order valence-corrected chi connectivity index (χ2v) is 8.74. The van der Waals surface area contributed by atoms with E-state index in [1.165, 1.54) is 35.6 Å². The Balaban J connectivity index is 1.86. The van der Waals surface area contributed by atoms with Crippen LogP contribution in [0.1, 0.15) is 15.9 Å². The maximum absolute atomic E-state index is 12.3. The standard InChI is InChI=1S/C16H13ClN2O3S2/c1-9-12(17)7-8-13-14(9)18-16(23-13)19-15(20)10-3-5-11(6-4-10)24(2,21)22/h3-8H,1-2H3,(H,18,19,20). The van der Waals surface area contributed by atoms with Crippen LogP contribution in [0.15, 0.2) is 41.3 Å². The normalized spacial score (nSPS) is 11.6. The highest BCUT2D eigenvalue weighted by Crippen LogP contribution is 2.31. The molecule has 1 aromatic heterocycles. The number of nitrogens with zero attached hydrogens (tertiary/aromatic N) is 1. The first-order valence-corrected chi connectivity index (χ1v) is 10.0. The van der Waals surface area contributed by atoms with E-state index < -0.39 is 9.84 Å². The van der Waals surface area contributed by atoms with Crippen molar-refractivity contribution >= 4 is 54.0 Å². The monoisotopic (exact) mass is 380 g/mol. The molecule has 124 valence electrons. The van der Waals surface area contributed by atoms with Crippen LogP contribution in [0.25, 0.3) is 10.2 Å². The molecule has 0 aliphatic rings. The minimum atomic E-state index is -3.28. The van der Waals surface area contributed by atoms with Crippen molar-refractivity contribution in [3.63, 3.8) is 0 Å². The van der Waals surface area contributed by atoms with E-state index in [1.807, 2.05) is 13.0 Å². The first-order chi connectivity index (χ1) is 11.3. The van der Waals surface area contributed by atoms with Crippen molar-refractivity contribution < 1.29 is 13.2 Å². The molecule has 0 saturated carbocycles. The molecule has 3 aromatic rings. The maximum Gasteiger partial charge on any atom is 0.257 e. The molecule has 0 atom stereocenters. The number of nitrogens with one attached hydrogen (secondary N) is 1. The third-order valence-corrected chi connectivity index (χ3v) is 5.99. The molecule has 1 amide bonds. The average Bonchev–Trinajstić information content (AvgIpc) is 2.94. The summed E-state index contributed by atoms with van der Waals surface area (Å²) >= 11 is 7.43. The molecule has 0 saturated heterocycles. The van der Waals surface area contributed by atoms with Gasteiger partial charge >= 0.3 is 0 Å². The van der Waals surface area contributed by atoms with Crippen LogP contribution in [0.5, 0.6) is 0 Å². The number of sulfone groups is 1. The zero-order valence-corrected chi connectivity index (χ0v) is 15.2. The molecule has 1 N–H and O–H groups in total. The highest BCUT2D eigenvalue weighted by molar-refractivity contribution is 7.90. The van der Waals surface area contributed by atoms with E-state index in [2.05, 4.69) is 10.3 Å². The van der Waals surface area contributed by atoms with E-state index in [9.17, 15) is 13.2 Å². The second-order valence-electron chi connectivity index (χ2n) is 5.29. The van der Waals surface area contributed by atoms with Crippen molar-refractivity contribution in [2.24, 2.45) is 0 Å². The Kier molecular flexibility index (Phi) is 4.33. The number of thiazole rings is 1. The molecule has 5 nitrogen and oxygen atoms in total. The topological polar surface area (TPSA) is 76.1 Å². The zero-order valence-electron chi connectivity index (χ0n) is 12.8. The summed E-state index contributed by atoms with van der Waals surface area (Å²) in [6.45, 7) is 1.87. The smallest absolute Gasteiger partial charge is 0.257 e. The predicted octanol–water partition coefficient (Wildman–Crippen LogP) is 3.91. The number of carbonyl (C=O) groups is 1. The molecule has 24 heavy (non-hydrogen) atoms. The van der Waals surface area contributed by atoms with Gasteiger partial charge in [0, 0.05) is 16.8 Å². The average molecular weight is 381 g/mol. The van der Waals surface area contributed by atoms with Crippen LogP contribution in [0.3, 0.4) is 0 Å². The van der Waals surface area contributed by atoms with Gasteiger partial charge in [-0.3, -0.25) is 10.1 Å². The highest BCUT2D eigenvalue weighted by Gasteiger charge is 2.13. The van der Waals surface area contributed by atoms with E-state index in [0.717, 1.165) is 22.0 Å². The fourth-order valence-corrected chi connectivity index (χ4v) is 3.88. The van der Waals surface area contributed by atoms with Crippen molar-refractivity contribution in [3.05, 3.63) is 52.5 Å². The largest absolute Gasteiger partial charge is 0.298 e. The second kappa shape index (κ2) is 6.16. The van der Waals surface area contributed by atoms with Gasteiger partial charge in [0.25, 0.3) is 5.91 Å². The van der Waals surface area contributed by atoms with E-state index in [4.69, 9.17) is 11.6 Å². The Bertz CT molecular complexity index is 1040. The molecule has 0 spiro atoms. The first kappa shape index (κ1) is 16.9. The molecule has 2 aromatic carbocycles. The number of hydrogen-bond acceptors (Lipinski definition) is 5. The molecule has 1 heterocycles. The van der Waals surface area contributed by atoms with Gasteiger partial charge in [0.05, 0.1) is 15.1 Å². The van der Waals surface area contributed by atoms with Gasteiger partial charge in [0.15, 0.2) is 15.0 Å². The third-order valence-electron chi connectivity index (χ3n) is 3.51. The SMILES string of the molecule is Cc1c(Cl)ccc2sc(NC(=O)c3ccc(S(C)(=O)=O)cc3)nc12. The molecule has 0 aliphatic carbocycles. The van der Waals surface area contributed by atoms with Crippen LogP contribution in [-0.4, -0.2) is 25.6 Å². The number of amides is 1. The minimum Gasteiger partial charge on any atom is -0.298 e. The van der Waals surface area contributed by atoms with Crippen molar-refractivity contribution in [3.8, 4) is 0 Å². The summed E-state index contributed by atoms with van der Waals surface area (Å²) in [5, 5.41) is 3.82. The lowest BCUT2D eigenvalue weighted by Crippen LogP contribution is -2.11. The van der Waals surface area contributed by atoms with Crippen LogP contribution in [0.2, 0.25) is 5.02 Å². The van der Waals surface area contributed by atoms with E-state index in [1.54, 1.807) is 6.07 Å². The van der Waals surface area contributed by atoms with Crippen LogP contribution in [0, 0.1) is 6.92 Å². The minimum absolute atomic E-state index is 0.171. The quantitative estimate of drug-likeness (QED) is 0.747. The van der Waals surface area contributed by atoms with Gasteiger partial charge in [-0.2, -0.15) is 0 Å². The Labute approximate surface area is 148 Å². The highest BCUT2D eigenvalue weighted by atomic mass is 35.5. The van der Waals surface area contributed by atoms with Gasteiger partial charge in [-0.15, -0.1) is 0 Å². The molecule has 0 bridgehead atoms. The summed E-state index contributed by atoms with van der Waals surface area (Å²) in [6.07, 6.45) is 1.12. The number of hydrogen-bond donors (Lipinski definition) is 1. The predicted molar refractivity (Wildman–Crippen MR) is 96.9 cm³/mol. The number of carbonyl (C=O) groups excluding carboxylic acids is 1. The summed E-state index contributed by atoms with van der Waals surface area (Å²) in [7, 11) is -3.28. The Morgan fingerprint density at radius 1 is 1.17 bits per heavy atom. The Morgan fingerprint density at radius 3 is 2.46 bits per heavy atom. The summed E-state index contributed by atoms with van der Waals surface area (Å²) in [4.78, 5) is 16.9. The van der Waals surface area contributed by atoms with Crippen molar-refractivity contribution in [2.45, 2.75) is 11.8 Å². The lowest BCUT2D eigenvalue weighted by molar-refractivity contribution is 0.102. The molecule has 8 heteroatoms. The van der Waals surface area contributed by atoms with Gasteiger partial charge in [0.2, 0.25) is 0 Å². The van der Waals surface area contributed by atoms with Crippen molar-refractivity contribution in [1.82, 2.24) is 4.98 Å². The maximum atomic E-state index is 12.3. The molecule has 0 unspecified atom stereocenters. The molecular formula is C16H13ClN2O3S2. The lowest BCUT2D eigenvalue weighted by Gasteiger charge is -2.03.